The number of aromatic nitrogens is 2. The van der Waals surface area contributed by atoms with Crippen LogP contribution < -0.4 is 9.75 Å². The molecule has 1 N–H and O–H groups in total. The lowest BCUT2D eigenvalue weighted by molar-refractivity contribution is 0.0690. The highest BCUT2D eigenvalue weighted by Crippen LogP contribution is 2.41. The number of aromatic carboxylic acids is 1. The molecule has 1 saturated heterocycles. The van der Waals surface area contributed by atoms with Crippen molar-refractivity contribution in [3.05, 3.63) is 55.0 Å². The summed E-state index contributed by atoms with van der Waals surface area (Å²) in [6, 6.07) is 8.65. The molecule has 2 fully saturated rings. The molecule has 2 atom stereocenters. The van der Waals surface area contributed by atoms with E-state index in [0.29, 0.717) is 24.9 Å². The van der Waals surface area contributed by atoms with E-state index in [0.717, 1.165) is 29.0 Å². The zero-order chi connectivity index (χ0) is 21.3. The lowest BCUT2D eigenvalue weighted by Gasteiger charge is -2.22. The fourth-order valence-corrected chi connectivity index (χ4v) is 4.34. The fraction of sp³-hybridized carbons (Fsp3) is 0.333. The largest absolute Gasteiger partial charge is 0.488 e. The number of ether oxygens (including phenoxy) is 1. The number of likely N-dealkylation sites (tertiary alicyclic amines) is 1. The van der Waals surface area contributed by atoms with Gasteiger partial charge in [0.15, 0.2) is 5.69 Å². The Morgan fingerprint density at radius 3 is 2.53 bits per heavy atom. The summed E-state index contributed by atoms with van der Waals surface area (Å²) in [7, 11) is 0. The van der Waals surface area contributed by atoms with Gasteiger partial charge in [-0.2, -0.15) is 14.9 Å². The number of hydrogen-bond acceptors (Lipinski definition) is 6. The fourth-order valence-electron chi connectivity index (χ4n) is 4.34. The van der Waals surface area contributed by atoms with Crippen molar-refractivity contribution >= 4 is 24.4 Å². The Kier molecular flexibility index (Phi) is 5.26. The highest BCUT2D eigenvalue weighted by molar-refractivity contribution is 5.86. The van der Waals surface area contributed by atoms with Crippen LogP contribution in [0.1, 0.15) is 23.3 Å². The number of anilines is 1. The average molecular weight is 409 g/mol. The molecule has 9 heteroatoms. The molecule has 1 saturated carbocycles. The minimum atomic E-state index is -1.15. The van der Waals surface area contributed by atoms with E-state index in [1.807, 2.05) is 24.3 Å². The van der Waals surface area contributed by atoms with Crippen molar-refractivity contribution in [2.24, 2.45) is 16.9 Å². The molecule has 1 aromatic carbocycles. The van der Waals surface area contributed by atoms with E-state index < -0.39 is 5.97 Å². The first-order valence-corrected chi connectivity index (χ1v) is 9.72. The summed E-state index contributed by atoms with van der Waals surface area (Å²) in [6.07, 6.45) is 4.71. The molecule has 156 valence electrons. The maximum atomic E-state index is 12.6. The zero-order valence-corrected chi connectivity index (χ0v) is 16.4. The molecule has 1 aliphatic heterocycles. The molecule has 0 radical (unpaired) electrons. The van der Waals surface area contributed by atoms with Crippen molar-refractivity contribution < 1.29 is 19.4 Å². The molecule has 0 bridgehead atoms. The molecule has 2 unspecified atom stereocenters. The predicted molar refractivity (Wildman–Crippen MR) is 111 cm³/mol. The molecule has 2 heterocycles. The number of hydrogen-bond donors (Lipinski definition) is 1. The molecule has 4 rings (SSSR count). The SMILES string of the molecule is C=CN(N=C)c1ccccc1OC1CC2CN(C(=O)n3ccc(C(=O)O)n3)CC2C1. The summed E-state index contributed by atoms with van der Waals surface area (Å²) >= 11 is 0. The maximum Gasteiger partial charge on any atom is 0.356 e. The number of nitrogens with zero attached hydrogens (tertiary/aromatic N) is 5. The molecule has 9 nitrogen and oxygen atoms in total. The van der Waals surface area contributed by atoms with Gasteiger partial charge in [0.05, 0.1) is 6.10 Å². The van der Waals surface area contributed by atoms with Crippen LogP contribution in [-0.2, 0) is 0 Å². The van der Waals surface area contributed by atoms with Crippen LogP contribution in [0.2, 0.25) is 0 Å². The molecule has 2 aromatic rings. The normalized spacial score (nSPS) is 22.4. The highest BCUT2D eigenvalue weighted by atomic mass is 16.5. The number of fused-ring (bicyclic) bond motifs is 1. The van der Waals surface area contributed by atoms with Crippen molar-refractivity contribution in [3.63, 3.8) is 0 Å². The first kappa shape index (κ1) is 19.7. The van der Waals surface area contributed by atoms with Crippen LogP contribution in [0.3, 0.4) is 0 Å². The Labute approximate surface area is 173 Å². The minimum Gasteiger partial charge on any atom is -0.488 e. The third kappa shape index (κ3) is 3.66. The Hall–Kier alpha value is -3.62. The Morgan fingerprint density at radius 1 is 1.23 bits per heavy atom. The molecular weight excluding hydrogens is 386 g/mol. The summed E-state index contributed by atoms with van der Waals surface area (Å²) < 4.78 is 7.37. The summed E-state index contributed by atoms with van der Waals surface area (Å²) in [6.45, 7) is 8.53. The van der Waals surface area contributed by atoms with E-state index in [9.17, 15) is 9.59 Å². The smallest absolute Gasteiger partial charge is 0.356 e. The van der Waals surface area contributed by atoms with Crippen molar-refractivity contribution in [1.29, 1.82) is 0 Å². The molecule has 0 spiro atoms. The number of carbonyl (C=O) groups is 2. The van der Waals surface area contributed by atoms with E-state index in [-0.39, 0.29) is 17.8 Å². The van der Waals surface area contributed by atoms with Crippen molar-refractivity contribution in [3.8, 4) is 5.75 Å². The number of carbonyl (C=O) groups excluding carboxylic acids is 1. The van der Waals surface area contributed by atoms with Gasteiger partial charge in [-0.25, -0.2) is 14.6 Å². The quantitative estimate of drug-likeness (QED) is 0.582. The predicted octanol–water partition coefficient (Wildman–Crippen LogP) is 2.90. The van der Waals surface area contributed by atoms with Gasteiger partial charge in [-0.1, -0.05) is 18.7 Å². The monoisotopic (exact) mass is 409 g/mol. The van der Waals surface area contributed by atoms with E-state index in [1.165, 1.54) is 12.3 Å². The molecule has 30 heavy (non-hydrogen) atoms. The Balaban J connectivity index is 1.38. The first-order chi connectivity index (χ1) is 14.5. The van der Waals surface area contributed by atoms with Gasteiger partial charge in [-0.3, -0.25) is 0 Å². The zero-order valence-electron chi connectivity index (χ0n) is 16.4. The van der Waals surface area contributed by atoms with Crippen molar-refractivity contribution in [1.82, 2.24) is 14.7 Å². The minimum absolute atomic E-state index is 0.0539. The van der Waals surface area contributed by atoms with E-state index in [1.54, 1.807) is 16.1 Å². The highest BCUT2D eigenvalue weighted by Gasteiger charge is 2.44. The van der Waals surface area contributed by atoms with Crippen LogP contribution in [-0.4, -0.2) is 57.7 Å². The Bertz CT molecular complexity index is 965. The number of hydrazone groups is 1. The van der Waals surface area contributed by atoms with Gasteiger partial charge in [-0.15, -0.1) is 0 Å². The summed E-state index contributed by atoms with van der Waals surface area (Å²) in [5, 5.41) is 18.3. The number of amides is 1. The van der Waals surface area contributed by atoms with Crippen LogP contribution >= 0.6 is 0 Å². The maximum absolute atomic E-state index is 12.6. The summed E-state index contributed by atoms with van der Waals surface area (Å²) in [5.41, 5.74) is 0.640. The average Bonchev–Trinajstić information content (AvgIpc) is 3.44. The van der Waals surface area contributed by atoms with Crippen LogP contribution in [0.25, 0.3) is 0 Å². The van der Waals surface area contributed by atoms with E-state index >= 15 is 0 Å². The van der Waals surface area contributed by atoms with Gasteiger partial charge >= 0.3 is 12.0 Å². The van der Waals surface area contributed by atoms with E-state index in [2.05, 4.69) is 23.5 Å². The second kappa shape index (κ2) is 8.02. The van der Waals surface area contributed by atoms with E-state index in [4.69, 9.17) is 9.84 Å². The summed E-state index contributed by atoms with van der Waals surface area (Å²) in [4.78, 5) is 25.4. The van der Waals surface area contributed by atoms with Crippen molar-refractivity contribution in [2.45, 2.75) is 18.9 Å². The summed E-state index contributed by atoms with van der Waals surface area (Å²) in [5.74, 6) is 0.254. The van der Waals surface area contributed by atoms with Crippen LogP contribution in [0, 0.1) is 11.8 Å². The third-order valence-corrected chi connectivity index (χ3v) is 5.71. The molecule has 2 aliphatic rings. The molecular formula is C21H23N5O4. The van der Waals surface area contributed by atoms with Gasteiger partial charge in [0.1, 0.15) is 11.4 Å². The second-order valence-corrected chi connectivity index (χ2v) is 7.51. The van der Waals surface area contributed by atoms with Crippen LogP contribution in [0.5, 0.6) is 5.75 Å². The van der Waals surface area contributed by atoms with Crippen LogP contribution in [0.15, 0.2) is 54.4 Å². The lowest BCUT2D eigenvalue weighted by Crippen LogP contribution is -2.34. The van der Waals surface area contributed by atoms with Crippen LogP contribution in [0.4, 0.5) is 10.5 Å². The molecule has 1 aromatic heterocycles. The van der Waals surface area contributed by atoms with Crippen molar-refractivity contribution in [2.75, 3.05) is 18.1 Å². The van der Waals surface area contributed by atoms with Gasteiger partial charge < -0.3 is 14.7 Å². The number of carboxylic acids is 1. The lowest BCUT2D eigenvalue weighted by atomic mass is 10.0. The Morgan fingerprint density at radius 2 is 1.93 bits per heavy atom. The molecule has 1 aliphatic carbocycles. The topological polar surface area (TPSA) is 100 Å². The third-order valence-electron chi connectivity index (χ3n) is 5.71. The number of rotatable bonds is 6. The van der Waals surface area contributed by atoms with Gasteiger partial charge in [0, 0.05) is 32.2 Å². The second-order valence-electron chi connectivity index (χ2n) is 7.51. The van der Waals surface area contributed by atoms with Gasteiger partial charge in [0.2, 0.25) is 0 Å². The number of carboxylic acid groups (broad SMARTS) is 1. The number of para-hydroxylation sites is 2. The first-order valence-electron chi connectivity index (χ1n) is 9.72. The van der Waals surface area contributed by atoms with Gasteiger partial charge in [-0.05, 0) is 42.9 Å². The number of benzene rings is 1. The standard InChI is InChI=1S/C21H23N5O4/c1-3-25(22-2)18-6-4-5-7-19(18)30-16-10-14-12-24(13-15(14)11-16)21(29)26-9-8-17(23-26)20(27)28/h3-9,14-16H,1-2,10-13H2,(H,27,28). The van der Waals surface area contributed by atoms with Gasteiger partial charge in [0.25, 0.3) is 0 Å². The molecule has 1 amide bonds.